The number of halogens is 1. The minimum atomic E-state index is -0.261. The third-order valence-electron chi connectivity index (χ3n) is 2.00. The smallest absolute Gasteiger partial charge is 0.219 e. The van der Waals surface area contributed by atoms with Gasteiger partial charge in [-0.05, 0) is 18.6 Å². The topological polar surface area (TPSA) is 17.8 Å². The fourth-order valence-electron chi connectivity index (χ4n) is 1.37. The minimum Gasteiger partial charge on any atom is -0.242 e. The van der Waals surface area contributed by atoms with Crippen LogP contribution in [0.4, 0.5) is 4.39 Å². The van der Waals surface area contributed by atoms with E-state index in [-0.39, 0.29) is 5.95 Å². The van der Waals surface area contributed by atoms with Crippen LogP contribution in [0.1, 0.15) is 19.4 Å². The third kappa shape index (κ3) is 1.62. The fourth-order valence-corrected chi connectivity index (χ4v) is 1.37. The lowest BCUT2D eigenvalue weighted by atomic mass is 10.1. The first-order valence-corrected chi connectivity index (χ1v) is 4.78. The third-order valence-corrected chi connectivity index (χ3v) is 2.00. The van der Waals surface area contributed by atoms with Crippen molar-refractivity contribution >= 4 is 10.9 Å². The van der Waals surface area contributed by atoms with Crippen molar-refractivity contribution in [2.45, 2.75) is 20.8 Å². The second kappa shape index (κ2) is 4.22. The molecule has 14 heavy (non-hydrogen) atoms. The number of fused-ring (bicyclic) bond motifs is 1. The summed E-state index contributed by atoms with van der Waals surface area (Å²) in [5.74, 6) is -0.261. The Hall–Kier alpha value is -1.38. The molecule has 76 valence electrons. The number of nitrogens with zero attached hydrogens (tertiary/aromatic N) is 2. The Balaban J connectivity index is 0.000000461. The average molecular weight is 194 g/mol. The summed E-state index contributed by atoms with van der Waals surface area (Å²) in [4.78, 5) is 0. The number of aromatic nitrogens is 2. The number of aryl methyl sites for hydroxylation is 2. The van der Waals surface area contributed by atoms with Gasteiger partial charge in [0, 0.05) is 7.05 Å². The predicted molar refractivity (Wildman–Crippen MR) is 56.8 cm³/mol. The molecule has 2 rings (SSSR count). The molecule has 0 aliphatic heterocycles. The van der Waals surface area contributed by atoms with Crippen LogP contribution in [0.3, 0.4) is 0 Å². The van der Waals surface area contributed by atoms with Gasteiger partial charge in [-0.25, -0.2) is 4.68 Å². The zero-order chi connectivity index (χ0) is 10.7. The zero-order valence-electron chi connectivity index (χ0n) is 9.00. The van der Waals surface area contributed by atoms with E-state index in [4.69, 9.17) is 0 Å². The van der Waals surface area contributed by atoms with Gasteiger partial charge in [0.05, 0.1) is 10.9 Å². The minimum absolute atomic E-state index is 0.261. The monoisotopic (exact) mass is 194 g/mol. The van der Waals surface area contributed by atoms with Gasteiger partial charge in [-0.3, -0.25) is 0 Å². The molecule has 3 heteroatoms. The van der Waals surface area contributed by atoms with Crippen molar-refractivity contribution in [2.24, 2.45) is 7.05 Å². The molecule has 1 heterocycles. The number of rotatable bonds is 0. The highest BCUT2D eigenvalue weighted by Gasteiger charge is 2.08. The van der Waals surface area contributed by atoms with Crippen molar-refractivity contribution in [1.82, 2.24) is 9.78 Å². The van der Waals surface area contributed by atoms with Gasteiger partial charge in [-0.2, -0.15) is 9.49 Å². The molecule has 0 amide bonds. The fraction of sp³-hybridized carbons (Fsp3) is 0.364. The Kier molecular flexibility index (Phi) is 3.23. The van der Waals surface area contributed by atoms with E-state index in [0.29, 0.717) is 5.39 Å². The van der Waals surface area contributed by atoms with Gasteiger partial charge in [-0.1, -0.05) is 26.0 Å². The largest absolute Gasteiger partial charge is 0.242 e. The number of hydrogen-bond donors (Lipinski definition) is 0. The molecular weight excluding hydrogens is 179 g/mol. The van der Waals surface area contributed by atoms with E-state index >= 15 is 0 Å². The van der Waals surface area contributed by atoms with E-state index < -0.39 is 0 Å². The van der Waals surface area contributed by atoms with E-state index in [1.807, 2.05) is 39.0 Å². The average Bonchev–Trinajstić information content (AvgIpc) is 2.47. The molecule has 2 aromatic rings. The van der Waals surface area contributed by atoms with Gasteiger partial charge < -0.3 is 0 Å². The SMILES string of the molecule is CC.Cc1cccc2nn(C)c(F)c12. The lowest BCUT2D eigenvalue weighted by molar-refractivity contribution is 0.511. The maximum absolute atomic E-state index is 13.3. The first-order valence-electron chi connectivity index (χ1n) is 4.78. The van der Waals surface area contributed by atoms with Gasteiger partial charge in [0.15, 0.2) is 0 Å². The van der Waals surface area contributed by atoms with Crippen LogP contribution in [0, 0.1) is 12.9 Å². The van der Waals surface area contributed by atoms with Crippen molar-refractivity contribution < 1.29 is 4.39 Å². The van der Waals surface area contributed by atoms with Crippen molar-refractivity contribution in [3.05, 3.63) is 29.7 Å². The van der Waals surface area contributed by atoms with Crippen molar-refractivity contribution in [1.29, 1.82) is 0 Å². The molecule has 0 spiro atoms. The van der Waals surface area contributed by atoms with Gasteiger partial charge in [-0.15, -0.1) is 0 Å². The van der Waals surface area contributed by atoms with Crippen LogP contribution in [0.5, 0.6) is 0 Å². The summed E-state index contributed by atoms with van der Waals surface area (Å²) in [6.07, 6.45) is 0. The van der Waals surface area contributed by atoms with Crippen LogP contribution in [-0.4, -0.2) is 9.78 Å². The van der Waals surface area contributed by atoms with Gasteiger partial charge in [0.2, 0.25) is 5.95 Å². The van der Waals surface area contributed by atoms with Gasteiger partial charge >= 0.3 is 0 Å². The summed E-state index contributed by atoms with van der Waals surface area (Å²) in [5.41, 5.74) is 1.65. The molecule has 0 saturated heterocycles. The molecule has 0 N–H and O–H groups in total. The van der Waals surface area contributed by atoms with E-state index in [9.17, 15) is 4.39 Å². The van der Waals surface area contributed by atoms with Crippen LogP contribution < -0.4 is 0 Å². The summed E-state index contributed by atoms with van der Waals surface area (Å²) >= 11 is 0. The lowest BCUT2D eigenvalue weighted by Crippen LogP contribution is -1.92. The first kappa shape index (κ1) is 10.7. The van der Waals surface area contributed by atoms with Crippen LogP contribution in [0.15, 0.2) is 18.2 Å². The van der Waals surface area contributed by atoms with E-state index in [2.05, 4.69) is 5.10 Å². The predicted octanol–water partition coefficient (Wildman–Crippen LogP) is 3.05. The molecule has 0 fully saturated rings. The molecule has 0 unspecified atom stereocenters. The highest BCUT2D eigenvalue weighted by molar-refractivity contribution is 5.82. The van der Waals surface area contributed by atoms with Gasteiger partial charge in [0.1, 0.15) is 0 Å². The molecule has 2 nitrogen and oxygen atoms in total. The Bertz CT molecular complexity index is 432. The summed E-state index contributed by atoms with van der Waals surface area (Å²) in [6, 6.07) is 5.57. The molecule has 1 aromatic heterocycles. The molecule has 0 atom stereocenters. The molecule has 0 aliphatic rings. The van der Waals surface area contributed by atoms with Crippen molar-refractivity contribution in [2.75, 3.05) is 0 Å². The standard InChI is InChI=1S/C9H9FN2.C2H6/c1-6-4-3-5-7-8(6)9(10)12(2)11-7;1-2/h3-5H,1-2H3;1-2H3. The Morgan fingerprint density at radius 1 is 1.29 bits per heavy atom. The maximum atomic E-state index is 13.3. The second-order valence-electron chi connectivity index (χ2n) is 2.88. The van der Waals surface area contributed by atoms with Crippen LogP contribution in [0.25, 0.3) is 10.9 Å². The molecular formula is C11H15FN2. The van der Waals surface area contributed by atoms with Crippen molar-refractivity contribution in [3.8, 4) is 0 Å². The molecule has 1 aromatic carbocycles. The highest BCUT2D eigenvalue weighted by Crippen LogP contribution is 2.19. The molecule has 0 bridgehead atoms. The Morgan fingerprint density at radius 3 is 2.50 bits per heavy atom. The summed E-state index contributed by atoms with van der Waals surface area (Å²) < 4.78 is 14.6. The molecule has 0 saturated carbocycles. The van der Waals surface area contributed by atoms with Crippen molar-refractivity contribution in [3.63, 3.8) is 0 Å². The van der Waals surface area contributed by atoms with E-state index in [1.165, 1.54) is 4.68 Å². The van der Waals surface area contributed by atoms with Crippen LogP contribution >= 0.6 is 0 Å². The molecule has 0 aliphatic carbocycles. The summed E-state index contributed by atoms with van der Waals surface area (Å²) in [6.45, 7) is 5.88. The second-order valence-corrected chi connectivity index (χ2v) is 2.88. The quantitative estimate of drug-likeness (QED) is 0.630. The lowest BCUT2D eigenvalue weighted by Gasteiger charge is -1.92. The Morgan fingerprint density at radius 2 is 1.93 bits per heavy atom. The number of benzene rings is 1. The highest BCUT2D eigenvalue weighted by atomic mass is 19.1. The number of hydrogen-bond acceptors (Lipinski definition) is 1. The molecule has 0 radical (unpaired) electrons. The van der Waals surface area contributed by atoms with Gasteiger partial charge in [0.25, 0.3) is 0 Å². The van der Waals surface area contributed by atoms with E-state index in [1.54, 1.807) is 7.05 Å². The maximum Gasteiger partial charge on any atom is 0.219 e. The van der Waals surface area contributed by atoms with Crippen LogP contribution in [-0.2, 0) is 7.05 Å². The van der Waals surface area contributed by atoms with Crippen LogP contribution in [0.2, 0.25) is 0 Å². The first-order chi connectivity index (χ1) is 6.70. The summed E-state index contributed by atoms with van der Waals surface area (Å²) in [7, 11) is 1.61. The summed E-state index contributed by atoms with van der Waals surface area (Å²) in [5, 5.41) is 4.64. The zero-order valence-corrected chi connectivity index (χ0v) is 9.00. The Labute approximate surface area is 83.4 Å². The van der Waals surface area contributed by atoms with E-state index in [0.717, 1.165) is 11.1 Å². The normalized spacial score (nSPS) is 9.79.